The molecule has 0 N–H and O–H groups in total. The van der Waals surface area contributed by atoms with E-state index in [4.69, 9.17) is 29.8 Å². The fourth-order valence-electron chi connectivity index (χ4n) is 5.69. The molecule has 4 aromatic rings. The Hall–Kier alpha value is -3.82. The first-order chi connectivity index (χ1) is 18.6. The van der Waals surface area contributed by atoms with Crippen molar-refractivity contribution in [1.82, 2.24) is 39.2 Å². The molecule has 2 atom stereocenters. The second-order valence-electron chi connectivity index (χ2n) is 11.8. The molecule has 10 nitrogen and oxygen atoms in total. The molecule has 2 unspecified atom stereocenters. The van der Waals surface area contributed by atoms with Crippen LogP contribution in [-0.2, 0) is 11.8 Å². The van der Waals surface area contributed by atoms with Crippen LogP contribution >= 0.6 is 0 Å². The molecule has 6 rings (SSSR count). The third kappa shape index (κ3) is 4.99. The number of fused-ring (bicyclic) bond motifs is 1. The van der Waals surface area contributed by atoms with Crippen LogP contribution in [0.15, 0.2) is 30.3 Å². The van der Waals surface area contributed by atoms with Crippen LogP contribution in [0.5, 0.6) is 0 Å². The normalized spacial score (nSPS) is 20.0. The fourth-order valence-corrected chi connectivity index (χ4v) is 5.69. The number of para-hydroxylation sites is 2. The molecule has 204 valence electrons. The number of aromatic nitrogens is 7. The molecule has 2 fully saturated rings. The van der Waals surface area contributed by atoms with Crippen LogP contribution in [0.2, 0.25) is 0 Å². The van der Waals surface area contributed by atoms with Gasteiger partial charge in [-0.3, -0.25) is 0 Å². The standard InChI is InChI=1S/C29H36N8O2/c1-17-30-23(20-15-21(20)27-33-22-9-7-8-10-24(22)35(27)6)16-25(31-17)37-26(32-18(2)34-37)19-11-13-36(14-12-19)28(38)39-29(3,4)5/h7-10,16,19-21H,11-15H2,1-6H3. The SMILES string of the molecule is Cc1nc(C2CC2c2nc3ccccc3n2C)cc(-n2nc(C)nc2C2CCN(C(=O)OC(C)(C)C)CC2)n1. The highest BCUT2D eigenvalue weighted by Crippen LogP contribution is 2.54. The van der Waals surface area contributed by atoms with Gasteiger partial charge >= 0.3 is 6.09 Å². The molecule has 4 heterocycles. The summed E-state index contributed by atoms with van der Waals surface area (Å²) in [6, 6.07) is 10.3. The minimum Gasteiger partial charge on any atom is -0.444 e. The number of rotatable bonds is 4. The van der Waals surface area contributed by atoms with E-state index >= 15 is 0 Å². The number of amides is 1. The first-order valence-electron chi connectivity index (χ1n) is 13.8. The van der Waals surface area contributed by atoms with Crippen molar-refractivity contribution in [3.8, 4) is 5.82 Å². The largest absolute Gasteiger partial charge is 0.444 e. The number of aryl methyl sites for hydroxylation is 3. The molecule has 1 aliphatic carbocycles. The van der Waals surface area contributed by atoms with Crippen LogP contribution in [0, 0.1) is 13.8 Å². The van der Waals surface area contributed by atoms with E-state index in [1.165, 1.54) is 0 Å². The zero-order valence-electron chi connectivity index (χ0n) is 23.5. The topological polar surface area (TPSA) is 104 Å². The molecule has 10 heteroatoms. The summed E-state index contributed by atoms with van der Waals surface area (Å²) in [5.41, 5.74) is 2.70. The van der Waals surface area contributed by atoms with Crippen LogP contribution < -0.4 is 0 Å². The van der Waals surface area contributed by atoms with Crippen LogP contribution in [0.25, 0.3) is 16.9 Å². The number of nitrogens with zero attached hydrogens (tertiary/aromatic N) is 8. The second kappa shape index (κ2) is 9.43. The number of hydrogen-bond donors (Lipinski definition) is 0. The van der Waals surface area contributed by atoms with Gasteiger partial charge in [0.05, 0.1) is 16.7 Å². The van der Waals surface area contributed by atoms with E-state index in [9.17, 15) is 4.79 Å². The maximum absolute atomic E-state index is 12.5. The Labute approximate surface area is 228 Å². The van der Waals surface area contributed by atoms with E-state index in [0.717, 1.165) is 59.3 Å². The van der Waals surface area contributed by atoms with Crippen molar-refractivity contribution in [2.75, 3.05) is 13.1 Å². The van der Waals surface area contributed by atoms with Gasteiger partial charge in [0.2, 0.25) is 0 Å². The molecule has 1 saturated carbocycles. The van der Waals surface area contributed by atoms with Crippen molar-refractivity contribution in [2.45, 2.75) is 77.2 Å². The summed E-state index contributed by atoms with van der Waals surface area (Å²) in [7, 11) is 2.09. The molecular weight excluding hydrogens is 492 g/mol. The molecule has 2 aliphatic rings. The molecule has 39 heavy (non-hydrogen) atoms. The summed E-state index contributed by atoms with van der Waals surface area (Å²) in [6.45, 7) is 10.8. The molecule has 0 bridgehead atoms. The van der Waals surface area contributed by atoms with E-state index in [1.54, 1.807) is 4.90 Å². The van der Waals surface area contributed by atoms with Gasteiger partial charge in [0.15, 0.2) is 5.82 Å². The molecule has 0 radical (unpaired) electrons. The third-order valence-electron chi connectivity index (χ3n) is 7.63. The molecule has 3 aromatic heterocycles. The molecule has 0 spiro atoms. The first kappa shape index (κ1) is 25.5. The first-order valence-corrected chi connectivity index (χ1v) is 13.8. The average molecular weight is 529 g/mol. The number of carbonyl (C=O) groups excluding carboxylic acids is 1. The number of likely N-dealkylation sites (tertiary alicyclic amines) is 1. The van der Waals surface area contributed by atoms with E-state index < -0.39 is 5.60 Å². The van der Waals surface area contributed by atoms with E-state index in [0.29, 0.717) is 30.7 Å². The predicted octanol–water partition coefficient (Wildman–Crippen LogP) is 4.95. The molecule has 1 saturated heterocycles. The minimum atomic E-state index is -0.502. The number of hydrogen-bond acceptors (Lipinski definition) is 7. The lowest BCUT2D eigenvalue weighted by molar-refractivity contribution is 0.0202. The smallest absolute Gasteiger partial charge is 0.410 e. The van der Waals surface area contributed by atoms with Crippen LogP contribution in [0.4, 0.5) is 4.79 Å². The number of imidazole rings is 1. The Balaban J connectivity index is 1.22. The highest BCUT2D eigenvalue weighted by Gasteiger charge is 2.44. The average Bonchev–Trinajstić information content (AvgIpc) is 3.48. The van der Waals surface area contributed by atoms with Gasteiger partial charge in [-0.25, -0.2) is 24.7 Å². The van der Waals surface area contributed by atoms with Gasteiger partial charge in [0.25, 0.3) is 0 Å². The summed E-state index contributed by atoms with van der Waals surface area (Å²) >= 11 is 0. The number of carbonyl (C=O) groups is 1. The summed E-state index contributed by atoms with van der Waals surface area (Å²) in [5.74, 6) is 4.98. The van der Waals surface area contributed by atoms with Crippen LogP contribution in [-0.4, -0.2) is 64.0 Å². The fraction of sp³-hybridized carbons (Fsp3) is 0.517. The number of benzene rings is 1. The van der Waals surface area contributed by atoms with Crippen molar-refractivity contribution in [3.05, 3.63) is 59.3 Å². The van der Waals surface area contributed by atoms with Crippen LogP contribution in [0.1, 0.15) is 86.8 Å². The lowest BCUT2D eigenvalue weighted by atomic mass is 9.96. The van der Waals surface area contributed by atoms with Crippen molar-refractivity contribution in [3.63, 3.8) is 0 Å². The monoisotopic (exact) mass is 528 g/mol. The maximum Gasteiger partial charge on any atom is 0.410 e. The van der Waals surface area contributed by atoms with Gasteiger partial charge in [0.1, 0.15) is 28.9 Å². The zero-order valence-corrected chi connectivity index (χ0v) is 23.5. The van der Waals surface area contributed by atoms with Gasteiger partial charge in [-0.15, -0.1) is 5.10 Å². The van der Waals surface area contributed by atoms with Gasteiger partial charge < -0.3 is 14.2 Å². The molecular formula is C29H36N8O2. The third-order valence-corrected chi connectivity index (χ3v) is 7.63. The zero-order chi connectivity index (χ0) is 27.5. The predicted molar refractivity (Wildman–Crippen MR) is 147 cm³/mol. The Kier molecular flexibility index (Phi) is 6.15. The van der Waals surface area contributed by atoms with Crippen molar-refractivity contribution < 1.29 is 9.53 Å². The van der Waals surface area contributed by atoms with Crippen LogP contribution in [0.3, 0.4) is 0 Å². The molecule has 1 amide bonds. The lowest BCUT2D eigenvalue weighted by Gasteiger charge is -2.33. The highest BCUT2D eigenvalue weighted by atomic mass is 16.6. The van der Waals surface area contributed by atoms with Gasteiger partial charge in [-0.1, -0.05) is 12.1 Å². The van der Waals surface area contributed by atoms with Crippen molar-refractivity contribution >= 4 is 17.1 Å². The van der Waals surface area contributed by atoms with Gasteiger partial charge in [0, 0.05) is 44.0 Å². The minimum absolute atomic E-state index is 0.178. The number of piperidine rings is 1. The molecule has 1 aromatic carbocycles. The van der Waals surface area contributed by atoms with Crippen molar-refractivity contribution in [1.29, 1.82) is 0 Å². The van der Waals surface area contributed by atoms with E-state index in [-0.39, 0.29) is 12.0 Å². The number of ether oxygens (including phenoxy) is 1. The Morgan fingerprint density at radius 1 is 0.949 bits per heavy atom. The summed E-state index contributed by atoms with van der Waals surface area (Å²) in [4.78, 5) is 33.6. The summed E-state index contributed by atoms with van der Waals surface area (Å²) in [6.07, 6.45) is 2.35. The molecule has 1 aliphatic heterocycles. The maximum atomic E-state index is 12.5. The lowest BCUT2D eigenvalue weighted by Crippen LogP contribution is -2.41. The van der Waals surface area contributed by atoms with E-state index in [2.05, 4.69) is 35.9 Å². The Morgan fingerprint density at radius 3 is 2.41 bits per heavy atom. The van der Waals surface area contributed by atoms with Gasteiger partial charge in [-0.2, -0.15) is 4.68 Å². The Morgan fingerprint density at radius 2 is 1.69 bits per heavy atom. The summed E-state index contributed by atoms with van der Waals surface area (Å²) in [5, 5.41) is 4.73. The van der Waals surface area contributed by atoms with Gasteiger partial charge in [-0.05, 0) is 66.0 Å². The highest BCUT2D eigenvalue weighted by molar-refractivity contribution is 5.76. The van der Waals surface area contributed by atoms with E-state index in [1.807, 2.05) is 45.4 Å². The summed E-state index contributed by atoms with van der Waals surface area (Å²) < 4.78 is 9.65. The quantitative estimate of drug-likeness (QED) is 0.369. The van der Waals surface area contributed by atoms with Crippen molar-refractivity contribution in [2.24, 2.45) is 7.05 Å². The Bertz CT molecular complexity index is 1540. The second-order valence-corrected chi connectivity index (χ2v) is 11.8.